The molecule has 1 aromatic heterocycles. The summed E-state index contributed by atoms with van der Waals surface area (Å²) in [4.78, 5) is 16.4. The Hall–Kier alpha value is -2.40. The summed E-state index contributed by atoms with van der Waals surface area (Å²) < 4.78 is 6.34. The highest BCUT2D eigenvalue weighted by atomic mass is 32.1. The van der Waals surface area contributed by atoms with E-state index in [-0.39, 0.29) is 5.91 Å². The molecule has 0 fully saturated rings. The highest BCUT2D eigenvalue weighted by Gasteiger charge is 2.07. The molecule has 0 atom stereocenters. The largest absolute Gasteiger partial charge is 0.496 e. The Morgan fingerprint density at radius 3 is 2.91 bits per heavy atom. The molecular formula is C17H16N2O2S. The molecule has 4 nitrogen and oxygen atoms in total. The average Bonchev–Trinajstić information content (AvgIpc) is 2.95. The average molecular weight is 312 g/mol. The van der Waals surface area contributed by atoms with E-state index in [0.29, 0.717) is 6.42 Å². The second-order valence-corrected chi connectivity index (χ2v) is 5.95. The van der Waals surface area contributed by atoms with Gasteiger partial charge in [-0.1, -0.05) is 12.1 Å². The van der Waals surface area contributed by atoms with Gasteiger partial charge in [-0.15, -0.1) is 11.3 Å². The van der Waals surface area contributed by atoms with Crippen molar-refractivity contribution in [2.24, 2.45) is 0 Å². The quantitative estimate of drug-likeness (QED) is 0.797. The zero-order valence-corrected chi connectivity index (χ0v) is 13.2. The molecule has 0 unspecified atom stereocenters. The van der Waals surface area contributed by atoms with E-state index in [0.717, 1.165) is 32.8 Å². The van der Waals surface area contributed by atoms with Crippen molar-refractivity contribution in [3.63, 3.8) is 0 Å². The molecule has 0 bridgehead atoms. The lowest BCUT2D eigenvalue weighted by molar-refractivity contribution is -0.115. The second kappa shape index (κ2) is 6.15. The molecule has 112 valence electrons. The third kappa shape index (κ3) is 3.09. The number of thiazole rings is 1. The normalized spacial score (nSPS) is 10.6. The topological polar surface area (TPSA) is 51.2 Å². The van der Waals surface area contributed by atoms with Crippen LogP contribution in [0.4, 0.5) is 5.69 Å². The lowest BCUT2D eigenvalue weighted by atomic mass is 10.1. The smallest absolute Gasteiger partial charge is 0.228 e. The minimum absolute atomic E-state index is 0.0425. The van der Waals surface area contributed by atoms with Gasteiger partial charge in [-0.05, 0) is 42.3 Å². The fourth-order valence-electron chi connectivity index (χ4n) is 2.38. The molecule has 0 aliphatic carbocycles. The molecule has 1 heterocycles. The van der Waals surface area contributed by atoms with E-state index in [1.165, 1.54) is 0 Å². The molecular weight excluding hydrogens is 296 g/mol. The summed E-state index contributed by atoms with van der Waals surface area (Å²) in [7, 11) is 1.64. The fraction of sp³-hybridized carbons (Fsp3) is 0.176. The number of benzene rings is 2. The number of nitrogens with one attached hydrogen (secondary N) is 1. The van der Waals surface area contributed by atoms with Gasteiger partial charge < -0.3 is 10.1 Å². The van der Waals surface area contributed by atoms with Crippen LogP contribution >= 0.6 is 11.3 Å². The monoisotopic (exact) mass is 312 g/mol. The second-order valence-electron chi connectivity index (χ2n) is 5.06. The lowest BCUT2D eigenvalue weighted by Crippen LogP contribution is -2.14. The number of hydrogen-bond donors (Lipinski definition) is 1. The Balaban J connectivity index is 1.70. The number of anilines is 1. The third-order valence-electron chi connectivity index (χ3n) is 3.44. The number of rotatable bonds is 4. The summed E-state index contributed by atoms with van der Waals surface area (Å²) in [5.41, 5.74) is 5.47. The highest BCUT2D eigenvalue weighted by molar-refractivity contribution is 7.16. The summed E-state index contributed by atoms with van der Waals surface area (Å²) >= 11 is 1.59. The van der Waals surface area contributed by atoms with Crippen LogP contribution in [0.3, 0.4) is 0 Å². The van der Waals surface area contributed by atoms with Crippen LogP contribution in [-0.4, -0.2) is 18.0 Å². The Bertz CT molecular complexity index is 826. The molecule has 22 heavy (non-hydrogen) atoms. The zero-order valence-electron chi connectivity index (χ0n) is 12.4. The van der Waals surface area contributed by atoms with Gasteiger partial charge in [-0.2, -0.15) is 0 Å². The number of aryl methyl sites for hydroxylation is 1. The number of nitrogens with zero attached hydrogens (tertiary/aromatic N) is 1. The first-order valence-electron chi connectivity index (χ1n) is 6.92. The molecule has 2 aromatic carbocycles. The number of amides is 1. The number of carbonyl (C=O) groups excluding carboxylic acids is 1. The van der Waals surface area contributed by atoms with Crippen molar-refractivity contribution < 1.29 is 9.53 Å². The van der Waals surface area contributed by atoms with Crippen molar-refractivity contribution in [2.75, 3.05) is 12.4 Å². The van der Waals surface area contributed by atoms with Gasteiger partial charge in [0.25, 0.3) is 0 Å². The number of fused-ring (bicyclic) bond motifs is 1. The molecule has 0 radical (unpaired) electrons. The molecule has 0 saturated heterocycles. The van der Waals surface area contributed by atoms with Gasteiger partial charge in [0.15, 0.2) is 0 Å². The first-order chi connectivity index (χ1) is 10.7. The van der Waals surface area contributed by atoms with Crippen molar-refractivity contribution in [2.45, 2.75) is 13.3 Å². The molecule has 3 aromatic rings. The van der Waals surface area contributed by atoms with Crippen molar-refractivity contribution in [1.82, 2.24) is 4.98 Å². The number of methoxy groups -OCH3 is 1. The summed E-state index contributed by atoms with van der Waals surface area (Å²) in [6.07, 6.45) is 0.333. The van der Waals surface area contributed by atoms with E-state index in [1.807, 2.05) is 43.3 Å². The first-order valence-corrected chi connectivity index (χ1v) is 7.80. The van der Waals surface area contributed by atoms with Gasteiger partial charge in [-0.25, -0.2) is 4.98 Å². The maximum absolute atomic E-state index is 12.2. The summed E-state index contributed by atoms with van der Waals surface area (Å²) in [6, 6.07) is 11.5. The lowest BCUT2D eigenvalue weighted by Gasteiger charge is -2.08. The summed E-state index contributed by atoms with van der Waals surface area (Å²) in [5, 5.41) is 2.91. The Labute approximate surface area is 132 Å². The van der Waals surface area contributed by atoms with Gasteiger partial charge in [0.2, 0.25) is 5.91 Å². The Morgan fingerprint density at radius 2 is 2.14 bits per heavy atom. The van der Waals surface area contributed by atoms with Gasteiger partial charge in [0.1, 0.15) is 5.75 Å². The van der Waals surface area contributed by atoms with Crippen LogP contribution in [0.5, 0.6) is 5.75 Å². The van der Waals surface area contributed by atoms with E-state index >= 15 is 0 Å². The Kier molecular flexibility index (Phi) is 4.06. The van der Waals surface area contributed by atoms with Crippen LogP contribution in [0, 0.1) is 6.92 Å². The molecule has 5 heteroatoms. The van der Waals surface area contributed by atoms with Crippen LogP contribution in [0.1, 0.15) is 11.1 Å². The van der Waals surface area contributed by atoms with E-state index in [1.54, 1.807) is 24.0 Å². The number of hydrogen-bond acceptors (Lipinski definition) is 4. The first kappa shape index (κ1) is 14.5. The van der Waals surface area contributed by atoms with E-state index in [4.69, 9.17) is 4.74 Å². The SMILES string of the molecule is COc1ccc(CC(=O)Nc2ccc3scnc3c2)cc1C. The number of aromatic nitrogens is 1. The zero-order chi connectivity index (χ0) is 15.5. The summed E-state index contributed by atoms with van der Waals surface area (Å²) in [6.45, 7) is 1.97. The molecule has 1 amide bonds. The standard InChI is InChI=1S/C17H16N2O2S/c1-11-7-12(3-5-15(11)21-2)8-17(20)19-13-4-6-16-14(9-13)18-10-22-16/h3-7,9-10H,8H2,1-2H3,(H,19,20). The van der Waals surface area contributed by atoms with E-state index < -0.39 is 0 Å². The molecule has 0 spiro atoms. The number of ether oxygens (including phenoxy) is 1. The van der Waals surface area contributed by atoms with Crippen LogP contribution < -0.4 is 10.1 Å². The molecule has 0 aliphatic rings. The van der Waals surface area contributed by atoms with Crippen LogP contribution in [0.15, 0.2) is 41.9 Å². The van der Waals surface area contributed by atoms with Crippen LogP contribution in [0.2, 0.25) is 0 Å². The van der Waals surface area contributed by atoms with Crippen LogP contribution in [0.25, 0.3) is 10.2 Å². The Morgan fingerprint density at radius 1 is 1.27 bits per heavy atom. The van der Waals surface area contributed by atoms with Crippen molar-refractivity contribution >= 4 is 33.1 Å². The minimum atomic E-state index is -0.0425. The predicted octanol–water partition coefficient (Wildman–Crippen LogP) is 3.79. The summed E-state index contributed by atoms with van der Waals surface area (Å²) in [5.74, 6) is 0.789. The van der Waals surface area contributed by atoms with Crippen molar-refractivity contribution in [1.29, 1.82) is 0 Å². The minimum Gasteiger partial charge on any atom is -0.496 e. The van der Waals surface area contributed by atoms with Gasteiger partial charge in [0, 0.05) is 5.69 Å². The molecule has 0 saturated carbocycles. The van der Waals surface area contributed by atoms with E-state index in [9.17, 15) is 4.79 Å². The number of carbonyl (C=O) groups is 1. The third-order valence-corrected chi connectivity index (χ3v) is 4.25. The fourth-order valence-corrected chi connectivity index (χ4v) is 3.04. The van der Waals surface area contributed by atoms with Gasteiger partial charge in [0.05, 0.1) is 29.3 Å². The molecule has 0 aliphatic heterocycles. The maximum atomic E-state index is 12.2. The van der Waals surface area contributed by atoms with Gasteiger partial charge in [-0.3, -0.25) is 4.79 Å². The molecule has 3 rings (SSSR count). The van der Waals surface area contributed by atoms with Crippen molar-refractivity contribution in [3.05, 3.63) is 53.0 Å². The maximum Gasteiger partial charge on any atom is 0.228 e. The molecule has 1 N–H and O–H groups in total. The van der Waals surface area contributed by atoms with Crippen LogP contribution in [-0.2, 0) is 11.2 Å². The highest BCUT2D eigenvalue weighted by Crippen LogP contribution is 2.22. The van der Waals surface area contributed by atoms with Crippen molar-refractivity contribution in [3.8, 4) is 5.75 Å². The van der Waals surface area contributed by atoms with E-state index in [2.05, 4.69) is 10.3 Å². The predicted molar refractivity (Wildman–Crippen MR) is 89.7 cm³/mol. The van der Waals surface area contributed by atoms with Gasteiger partial charge >= 0.3 is 0 Å².